The number of nitrogens with two attached hydrogens (primary N) is 1. The van der Waals surface area contributed by atoms with Crippen molar-refractivity contribution in [1.29, 1.82) is 0 Å². The highest BCUT2D eigenvalue weighted by molar-refractivity contribution is 5.84. The van der Waals surface area contributed by atoms with Crippen molar-refractivity contribution in [1.82, 2.24) is 9.80 Å². The maximum Gasteiger partial charge on any atom is 0.241 e. The molecule has 0 aliphatic heterocycles. The van der Waals surface area contributed by atoms with Crippen molar-refractivity contribution in [2.24, 2.45) is 11.7 Å². The summed E-state index contributed by atoms with van der Waals surface area (Å²) in [6.07, 6.45) is 5.88. The molecule has 0 bridgehead atoms. The summed E-state index contributed by atoms with van der Waals surface area (Å²) < 4.78 is 0. The summed E-state index contributed by atoms with van der Waals surface area (Å²) >= 11 is 0. The van der Waals surface area contributed by atoms with E-state index in [-0.39, 0.29) is 18.4 Å². The van der Waals surface area contributed by atoms with E-state index in [0.717, 1.165) is 32.1 Å². The van der Waals surface area contributed by atoms with E-state index in [0.29, 0.717) is 18.4 Å². The van der Waals surface area contributed by atoms with Crippen LogP contribution in [0.4, 0.5) is 0 Å². The van der Waals surface area contributed by atoms with E-state index < -0.39 is 0 Å². The van der Waals surface area contributed by atoms with Crippen LogP contribution < -0.4 is 5.73 Å². The Morgan fingerprint density at radius 2 is 1.63 bits per heavy atom. The van der Waals surface area contributed by atoms with Gasteiger partial charge in [-0.2, -0.15) is 0 Å². The normalized spacial score (nSPS) is 22.9. The number of hydrogen-bond acceptors (Lipinski definition) is 3. The minimum Gasteiger partial charge on any atom is -0.347 e. The van der Waals surface area contributed by atoms with Crippen LogP contribution >= 0.6 is 0 Å². The summed E-state index contributed by atoms with van der Waals surface area (Å²) in [5.41, 5.74) is 5.87. The summed E-state index contributed by atoms with van der Waals surface area (Å²) in [5, 5.41) is 0. The van der Waals surface area contributed by atoms with Gasteiger partial charge in [0.15, 0.2) is 0 Å². The van der Waals surface area contributed by atoms with E-state index in [2.05, 4.69) is 0 Å². The number of amides is 2. The molecule has 1 rings (SSSR count). The van der Waals surface area contributed by atoms with Gasteiger partial charge in [0.05, 0.1) is 6.54 Å². The molecular formula is C14H27N3O2. The van der Waals surface area contributed by atoms with Crippen LogP contribution in [0.1, 0.15) is 38.5 Å². The molecule has 0 aromatic heterocycles. The molecule has 0 radical (unpaired) electrons. The molecule has 2 N–H and O–H groups in total. The molecule has 19 heavy (non-hydrogen) atoms. The predicted molar refractivity (Wildman–Crippen MR) is 75.5 cm³/mol. The van der Waals surface area contributed by atoms with Gasteiger partial charge in [0.25, 0.3) is 0 Å². The minimum absolute atomic E-state index is 0.0421. The highest BCUT2D eigenvalue weighted by atomic mass is 16.2. The summed E-state index contributed by atoms with van der Waals surface area (Å²) in [6.45, 7) is 0.168. The molecule has 1 aliphatic carbocycles. The molecule has 1 aliphatic rings. The van der Waals surface area contributed by atoms with Crippen LogP contribution in [0, 0.1) is 5.92 Å². The first kappa shape index (κ1) is 16.0. The van der Waals surface area contributed by atoms with Gasteiger partial charge < -0.3 is 15.5 Å². The Bertz CT molecular complexity index is 310. The maximum absolute atomic E-state index is 11.9. The largest absolute Gasteiger partial charge is 0.347 e. The van der Waals surface area contributed by atoms with Gasteiger partial charge >= 0.3 is 0 Å². The van der Waals surface area contributed by atoms with Gasteiger partial charge in [0.2, 0.25) is 11.8 Å². The predicted octanol–water partition coefficient (Wildman–Crippen LogP) is 0.831. The van der Waals surface area contributed by atoms with Crippen LogP contribution in [0.25, 0.3) is 0 Å². The molecule has 2 amide bonds. The van der Waals surface area contributed by atoms with Crippen molar-refractivity contribution < 1.29 is 9.59 Å². The van der Waals surface area contributed by atoms with Crippen molar-refractivity contribution in [2.75, 3.05) is 27.7 Å². The Morgan fingerprint density at radius 1 is 1.05 bits per heavy atom. The third-order valence-electron chi connectivity index (χ3n) is 3.95. The van der Waals surface area contributed by atoms with Gasteiger partial charge in [0.1, 0.15) is 0 Å². The number of likely N-dealkylation sites (N-methyl/N-ethyl adjacent to an activating group) is 2. The molecule has 0 unspecified atom stereocenters. The van der Waals surface area contributed by atoms with E-state index in [1.807, 2.05) is 0 Å². The molecule has 0 aromatic rings. The molecule has 5 heteroatoms. The van der Waals surface area contributed by atoms with Crippen molar-refractivity contribution in [3.8, 4) is 0 Å². The lowest BCUT2D eigenvalue weighted by Crippen LogP contribution is -2.38. The fourth-order valence-electron chi connectivity index (χ4n) is 2.43. The molecule has 0 saturated heterocycles. The van der Waals surface area contributed by atoms with E-state index in [4.69, 9.17) is 5.73 Å². The Kier molecular flexibility index (Phi) is 6.28. The lowest BCUT2D eigenvalue weighted by molar-refractivity contribution is -0.138. The zero-order chi connectivity index (χ0) is 14.4. The van der Waals surface area contributed by atoms with Gasteiger partial charge in [0, 0.05) is 33.6 Å². The van der Waals surface area contributed by atoms with E-state index in [1.54, 1.807) is 21.1 Å². The van der Waals surface area contributed by atoms with Crippen molar-refractivity contribution >= 4 is 11.8 Å². The lowest BCUT2D eigenvalue weighted by atomic mass is 9.84. The van der Waals surface area contributed by atoms with Crippen molar-refractivity contribution in [3.05, 3.63) is 0 Å². The zero-order valence-corrected chi connectivity index (χ0v) is 12.4. The molecular weight excluding hydrogens is 242 g/mol. The second kappa shape index (κ2) is 7.48. The number of hydrogen-bond donors (Lipinski definition) is 1. The molecule has 0 heterocycles. The first-order chi connectivity index (χ1) is 8.90. The first-order valence-corrected chi connectivity index (χ1v) is 7.10. The SMILES string of the molecule is CN(C)C(=O)CN(C)C(=O)CCC1CCC(N)CC1. The number of nitrogens with zero attached hydrogens (tertiary/aromatic N) is 2. The molecule has 1 saturated carbocycles. The monoisotopic (exact) mass is 269 g/mol. The molecule has 110 valence electrons. The zero-order valence-electron chi connectivity index (χ0n) is 12.4. The summed E-state index contributed by atoms with van der Waals surface area (Å²) in [7, 11) is 5.10. The first-order valence-electron chi connectivity index (χ1n) is 7.10. The second-order valence-corrected chi connectivity index (χ2v) is 5.86. The molecule has 0 atom stereocenters. The Balaban J connectivity index is 2.25. The van der Waals surface area contributed by atoms with E-state index in [9.17, 15) is 9.59 Å². The quantitative estimate of drug-likeness (QED) is 0.804. The van der Waals surface area contributed by atoms with Crippen molar-refractivity contribution in [3.63, 3.8) is 0 Å². The third-order valence-corrected chi connectivity index (χ3v) is 3.95. The number of rotatable bonds is 5. The van der Waals surface area contributed by atoms with Gasteiger partial charge in [-0.05, 0) is 38.0 Å². The van der Waals surface area contributed by atoms with Gasteiger partial charge in [-0.3, -0.25) is 9.59 Å². The molecule has 0 aromatic carbocycles. The van der Waals surface area contributed by atoms with Crippen molar-refractivity contribution in [2.45, 2.75) is 44.6 Å². The summed E-state index contributed by atoms with van der Waals surface area (Å²) in [4.78, 5) is 26.5. The van der Waals surface area contributed by atoms with Crippen LogP contribution in [0.2, 0.25) is 0 Å². The highest BCUT2D eigenvalue weighted by Gasteiger charge is 2.20. The lowest BCUT2D eigenvalue weighted by Gasteiger charge is -2.26. The highest BCUT2D eigenvalue weighted by Crippen LogP contribution is 2.26. The van der Waals surface area contributed by atoms with Gasteiger partial charge in [-0.1, -0.05) is 0 Å². The van der Waals surface area contributed by atoms with Crippen LogP contribution in [0.3, 0.4) is 0 Å². The average Bonchev–Trinajstić information content (AvgIpc) is 2.37. The summed E-state index contributed by atoms with van der Waals surface area (Å²) in [5.74, 6) is 0.645. The Morgan fingerprint density at radius 3 is 2.16 bits per heavy atom. The number of carbonyl (C=O) groups excluding carboxylic acids is 2. The average molecular weight is 269 g/mol. The van der Waals surface area contributed by atoms with Crippen LogP contribution in [-0.4, -0.2) is 55.3 Å². The number of carbonyl (C=O) groups is 2. The van der Waals surface area contributed by atoms with Crippen LogP contribution in [-0.2, 0) is 9.59 Å². The van der Waals surface area contributed by atoms with E-state index in [1.165, 1.54) is 9.80 Å². The fraction of sp³-hybridized carbons (Fsp3) is 0.857. The maximum atomic E-state index is 11.9. The Hall–Kier alpha value is -1.10. The molecule has 0 spiro atoms. The molecule has 5 nitrogen and oxygen atoms in total. The fourth-order valence-corrected chi connectivity index (χ4v) is 2.43. The Labute approximate surface area is 116 Å². The van der Waals surface area contributed by atoms with Gasteiger partial charge in [-0.15, -0.1) is 0 Å². The summed E-state index contributed by atoms with van der Waals surface area (Å²) in [6, 6.07) is 0.354. The van der Waals surface area contributed by atoms with Crippen LogP contribution in [0.15, 0.2) is 0 Å². The molecule has 1 fully saturated rings. The smallest absolute Gasteiger partial charge is 0.241 e. The van der Waals surface area contributed by atoms with Crippen LogP contribution in [0.5, 0.6) is 0 Å². The van der Waals surface area contributed by atoms with E-state index >= 15 is 0 Å². The second-order valence-electron chi connectivity index (χ2n) is 5.86. The minimum atomic E-state index is -0.0421. The standard InChI is InChI=1S/C14H27N3O2/c1-16(2)14(19)10-17(3)13(18)9-6-11-4-7-12(15)8-5-11/h11-12H,4-10,15H2,1-3H3. The topological polar surface area (TPSA) is 66.6 Å². The van der Waals surface area contributed by atoms with Gasteiger partial charge in [-0.25, -0.2) is 0 Å². The third kappa shape index (κ3) is 5.59.